The lowest BCUT2D eigenvalue weighted by Gasteiger charge is -2.28. The van der Waals surface area contributed by atoms with E-state index in [9.17, 15) is 8.42 Å². The topological polar surface area (TPSA) is 69.4 Å². The fourth-order valence-electron chi connectivity index (χ4n) is 2.53. The van der Waals surface area contributed by atoms with Crippen molar-refractivity contribution in [2.24, 2.45) is 0 Å². The smallest absolute Gasteiger partial charge is 0.183 e. The van der Waals surface area contributed by atoms with Crippen molar-refractivity contribution in [2.75, 3.05) is 12.8 Å². The molecule has 106 valence electrons. The van der Waals surface area contributed by atoms with Gasteiger partial charge in [0.25, 0.3) is 0 Å². The molecule has 0 aliphatic heterocycles. The van der Waals surface area contributed by atoms with Gasteiger partial charge in [0.15, 0.2) is 9.84 Å². The molecule has 6 heteroatoms. The number of nitrogens with two attached hydrogens (primary N) is 1. The predicted molar refractivity (Wildman–Crippen MR) is 78.8 cm³/mol. The van der Waals surface area contributed by atoms with Crippen LogP contribution < -0.4 is 5.73 Å². The molecule has 2 N–H and O–H groups in total. The fourth-order valence-corrected chi connectivity index (χ4v) is 5.04. The van der Waals surface area contributed by atoms with Gasteiger partial charge in [0.2, 0.25) is 0 Å². The third kappa shape index (κ3) is 3.12. The third-order valence-corrected chi connectivity index (χ3v) is 6.40. The Morgan fingerprint density at radius 3 is 2.79 bits per heavy atom. The minimum atomic E-state index is -3.39. The van der Waals surface area contributed by atoms with E-state index in [1.54, 1.807) is 25.3 Å². The van der Waals surface area contributed by atoms with Gasteiger partial charge >= 0.3 is 0 Å². The van der Waals surface area contributed by atoms with Crippen LogP contribution in [0.15, 0.2) is 27.6 Å². The molecule has 2 atom stereocenters. The van der Waals surface area contributed by atoms with Crippen LogP contribution in [0.5, 0.6) is 0 Å². The molecule has 1 fully saturated rings. The summed E-state index contributed by atoms with van der Waals surface area (Å²) in [6.45, 7) is 0. The van der Waals surface area contributed by atoms with Crippen LogP contribution in [0.2, 0.25) is 0 Å². The van der Waals surface area contributed by atoms with E-state index in [0.717, 1.165) is 17.3 Å². The third-order valence-electron chi connectivity index (χ3n) is 3.63. The summed E-state index contributed by atoms with van der Waals surface area (Å²) in [5.74, 6) is 0. The van der Waals surface area contributed by atoms with Gasteiger partial charge in [-0.05, 0) is 43.9 Å². The SMILES string of the molecule is COC1CCCC(S(=O)(=O)c2cc(Br)ccc2N)C1. The second-order valence-corrected chi connectivity index (χ2v) is 7.99. The van der Waals surface area contributed by atoms with Crippen molar-refractivity contribution in [2.45, 2.75) is 41.9 Å². The zero-order valence-corrected chi connectivity index (χ0v) is 13.2. The van der Waals surface area contributed by atoms with Crippen LogP contribution in [0.4, 0.5) is 5.69 Å². The highest BCUT2D eigenvalue weighted by Gasteiger charge is 2.34. The number of hydrogen-bond acceptors (Lipinski definition) is 4. The van der Waals surface area contributed by atoms with Crippen LogP contribution in [0.3, 0.4) is 0 Å². The number of anilines is 1. The van der Waals surface area contributed by atoms with Crippen molar-refractivity contribution in [1.29, 1.82) is 0 Å². The molecule has 1 aliphatic rings. The summed E-state index contributed by atoms with van der Waals surface area (Å²) in [6.07, 6.45) is 3.05. The Hall–Kier alpha value is -0.590. The van der Waals surface area contributed by atoms with Gasteiger partial charge < -0.3 is 10.5 Å². The van der Waals surface area contributed by atoms with E-state index in [1.807, 2.05) is 0 Å². The molecular formula is C13H18BrNO3S. The van der Waals surface area contributed by atoms with E-state index in [-0.39, 0.29) is 11.0 Å². The fraction of sp³-hybridized carbons (Fsp3) is 0.538. The van der Waals surface area contributed by atoms with E-state index >= 15 is 0 Å². The first-order chi connectivity index (χ1) is 8.95. The highest BCUT2D eigenvalue weighted by Crippen LogP contribution is 2.33. The number of nitrogen functional groups attached to an aromatic ring is 1. The molecule has 1 aliphatic carbocycles. The number of ether oxygens (including phenoxy) is 1. The lowest BCUT2D eigenvalue weighted by Crippen LogP contribution is -2.32. The number of benzene rings is 1. The normalized spacial score (nSPS) is 24.3. The largest absolute Gasteiger partial charge is 0.398 e. The Bertz CT molecular complexity index is 559. The second-order valence-electron chi connectivity index (χ2n) is 4.87. The molecular weight excluding hydrogens is 330 g/mol. The zero-order chi connectivity index (χ0) is 14.0. The molecule has 2 rings (SSSR count). The average Bonchev–Trinajstić information content (AvgIpc) is 2.41. The standard InChI is InChI=1S/C13H18BrNO3S/c1-18-10-3-2-4-11(8-10)19(16,17)13-7-9(14)5-6-12(13)15/h5-7,10-11H,2-4,8,15H2,1H3. The molecule has 0 amide bonds. The molecule has 0 bridgehead atoms. The van der Waals surface area contributed by atoms with Gasteiger partial charge in [-0.2, -0.15) is 0 Å². The molecule has 0 aromatic heterocycles. The minimum Gasteiger partial charge on any atom is -0.398 e. The van der Waals surface area contributed by atoms with Crippen LogP contribution in [0.25, 0.3) is 0 Å². The molecule has 0 heterocycles. The molecule has 1 aromatic carbocycles. The molecule has 1 aromatic rings. The summed E-state index contributed by atoms with van der Waals surface area (Å²) in [4.78, 5) is 0.226. The van der Waals surface area contributed by atoms with Gasteiger partial charge in [0.1, 0.15) is 0 Å². The quantitative estimate of drug-likeness (QED) is 0.853. The molecule has 2 unspecified atom stereocenters. The van der Waals surface area contributed by atoms with E-state index in [4.69, 9.17) is 10.5 Å². The monoisotopic (exact) mass is 347 g/mol. The summed E-state index contributed by atoms with van der Waals surface area (Å²) in [7, 11) is -1.76. The lowest BCUT2D eigenvalue weighted by atomic mass is 9.97. The summed E-state index contributed by atoms with van der Waals surface area (Å²) in [5.41, 5.74) is 6.13. The van der Waals surface area contributed by atoms with Crippen LogP contribution in [-0.4, -0.2) is 26.9 Å². The van der Waals surface area contributed by atoms with Gasteiger partial charge in [-0.15, -0.1) is 0 Å². The number of methoxy groups -OCH3 is 1. The maximum atomic E-state index is 12.7. The number of hydrogen-bond donors (Lipinski definition) is 1. The average molecular weight is 348 g/mol. The Kier molecular flexibility index (Phi) is 4.53. The summed E-state index contributed by atoms with van der Waals surface area (Å²) >= 11 is 3.29. The van der Waals surface area contributed by atoms with Gasteiger partial charge in [-0.1, -0.05) is 15.9 Å². The first-order valence-electron chi connectivity index (χ1n) is 6.27. The van der Waals surface area contributed by atoms with Crippen molar-refractivity contribution in [1.82, 2.24) is 0 Å². The Morgan fingerprint density at radius 2 is 2.11 bits per heavy atom. The number of sulfone groups is 1. The Labute approximate surface area is 122 Å². The van der Waals surface area contributed by atoms with Gasteiger partial charge in [0, 0.05) is 11.6 Å². The molecule has 0 saturated heterocycles. The van der Waals surface area contributed by atoms with E-state index in [0.29, 0.717) is 18.5 Å². The minimum absolute atomic E-state index is 0.0295. The van der Waals surface area contributed by atoms with Crippen molar-refractivity contribution in [3.05, 3.63) is 22.7 Å². The second kappa shape index (κ2) is 5.81. The molecule has 19 heavy (non-hydrogen) atoms. The predicted octanol–water partition coefficient (Wildman–Crippen LogP) is 2.76. The lowest BCUT2D eigenvalue weighted by molar-refractivity contribution is 0.0720. The van der Waals surface area contributed by atoms with Crippen molar-refractivity contribution < 1.29 is 13.2 Å². The van der Waals surface area contributed by atoms with Gasteiger partial charge in [-0.3, -0.25) is 0 Å². The number of halogens is 1. The molecule has 1 saturated carbocycles. The van der Waals surface area contributed by atoms with Crippen LogP contribution in [0.1, 0.15) is 25.7 Å². The first-order valence-corrected chi connectivity index (χ1v) is 8.61. The van der Waals surface area contributed by atoms with Crippen LogP contribution in [-0.2, 0) is 14.6 Å². The van der Waals surface area contributed by atoms with E-state index in [1.165, 1.54) is 0 Å². The first kappa shape index (κ1) is 14.8. The Morgan fingerprint density at radius 1 is 1.37 bits per heavy atom. The van der Waals surface area contributed by atoms with Crippen molar-refractivity contribution >= 4 is 31.5 Å². The maximum Gasteiger partial charge on any atom is 0.183 e. The van der Waals surface area contributed by atoms with Crippen molar-refractivity contribution in [3.63, 3.8) is 0 Å². The number of rotatable bonds is 3. The van der Waals surface area contributed by atoms with Crippen molar-refractivity contribution in [3.8, 4) is 0 Å². The maximum absolute atomic E-state index is 12.7. The highest BCUT2D eigenvalue weighted by molar-refractivity contribution is 9.10. The van der Waals surface area contributed by atoms with Crippen LogP contribution in [0, 0.1) is 0 Å². The molecule has 0 radical (unpaired) electrons. The van der Waals surface area contributed by atoms with Crippen LogP contribution >= 0.6 is 15.9 Å². The molecule has 4 nitrogen and oxygen atoms in total. The Balaban J connectivity index is 2.34. The summed E-state index contributed by atoms with van der Waals surface area (Å²) in [6, 6.07) is 4.95. The van der Waals surface area contributed by atoms with E-state index in [2.05, 4.69) is 15.9 Å². The summed E-state index contributed by atoms with van der Waals surface area (Å²) < 4.78 is 31.4. The van der Waals surface area contributed by atoms with Gasteiger partial charge in [-0.25, -0.2) is 8.42 Å². The summed E-state index contributed by atoms with van der Waals surface area (Å²) in [5, 5.41) is -0.400. The zero-order valence-electron chi connectivity index (χ0n) is 10.8. The van der Waals surface area contributed by atoms with Gasteiger partial charge in [0.05, 0.1) is 21.9 Å². The van der Waals surface area contributed by atoms with E-state index < -0.39 is 15.1 Å². The molecule has 0 spiro atoms. The highest BCUT2D eigenvalue weighted by atomic mass is 79.9.